The molecule has 0 aromatic carbocycles. The van der Waals surface area contributed by atoms with Gasteiger partial charge in [-0.15, -0.1) is 12.3 Å². The van der Waals surface area contributed by atoms with Gasteiger partial charge in [0.2, 0.25) is 5.41 Å². The van der Waals surface area contributed by atoms with Crippen LogP contribution < -0.4 is 0 Å². The van der Waals surface area contributed by atoms with Crippen LogP contribution in [0.25, 0.3) is 0 Å². The maximum absolute atomic E-state index is 9.21. The minimum Gasteiger partial charge on any atom is -0.238 e. The van der Waals surface area contributed by atoms with E-state index < -0.39 is 5.41 Å². The Labute approximate surface area is 105 Å². The van der Waals surface area contributed by atoms with Crippen LogP contribution in [0.1, 0.15) is 30.8 Å². The van der Waals surface area contributed by atoms with Crippen molar-refractivity contribution < 1.29 is 0 Å². The number of hydrogen-bond acceptors (Lipinski definition) is 5. The fourth-order valence-electron chi connectivity index (χ4n) is 1.43. The minimum absolute atomic E-state index is 0.0589. The predicted molar refractivity (Wildman–Crippen MR) is 62.3 cm³/mol. The van der Waals surface area contributed by atoms with Gasteiger partial charge in [0.25, 0.3) is 0 Å². The smallest absolute Gasteiger partial charge is 0.202 e. The van der Waals surface area contributed by atoms with Crippen LogP contribution in [0, 0.1) is 46.3 Å². The van der Waals surface area contributed by atoms with Crippen LogP contribution in [0.15, 0.2) is 12.3 Å². The summed E-state index contributed by atoms with van der Waals surface area (Å²) in [7, 11) is 0. The number of rotatable bonds is 4. The molecule has 0 aliphatic heterocycles. The molecule has 0 radical (unpaired) electrons. The highest BCUT2D eigenvalue weighted by Gasteiger charge is 2.35. The highest BCUT2D eigenvalue weighted by atomic mass is 14.9. The van der Waals surface area contributed by atoms with Crippen LogP contribution in [0.2, 0.25) is 0 Å². The molecule has 0 spiro atoms. The molecule has 0 amide bonds. The van der Waals surface area contributed by atoms with Crippen molar-refractivity contribution in [1.82, 2.24) is 9.97 Å². The molecule has 86 valence electrons. The third kappa shape index (κ3) is 2.62. The molecule has 5 heteroatoms. The average Bonchev–Trinajstić information content (AvgIpc) is 2.44. The molecule has 0 aliphatic rings. The first kappa shape index (κ1) is 13.2. The first-order chi connectivity index (χ1) is 8.72. The molecule has 0 unspecified atom stereocenters. The number of hydrogen-bond donors (Lipinski definition) is 0. The Kier molecular flexibility index (Phi) is 4.39. The van der Waals surface area contributed by atoms with Crippen molar-refractivity contribution in [3.8, 4) is 30.6 Å². The lowest BCUT2D eigenvalue weighted by Crippen LogP contribution is -2.25. The van der Waals surface area contributed by atoms with Gasteiger partial charge in [0.15, 0.2) is 5.82 Å². The maximum atomic E-state index is 9.21. The van der Waals surface area contributed by atoms with Crippen LogP contribution in [-0.2, 0) is 5.41 Å². The Bertz CT molecular complexity index is 578. The number of aromatic nitrogens is 2. The predicted octanol–water partition coefficient (Wildman–Crippen LogP) is 1.44. The van der Waals surface area contributed by atoms with E-state index in [1.54, 1.807) is 0 Å². The quantitative estimate of drug-likeness (QED) is 0.581. The lowest BCUT2D eigenvalue weighted by molar-refractivity contribution is 0.564. The van der Waals surface area contributed by atoms with Crippen LogP contribution in [0.4, 0.5) is 0 Å². The van der Waals surface area contributed by atoms with Gasteiger partial charge in [0.05, 0.1) is 12.1 Å². The van der Waals surface area contributed by atoms with Gasteiger partial charge in [-0.2, -0.15) is 15.8 Å². The van der Waals surface area contributed by atoms with Crippen molar-refractivity contribution in [3.05, 3.63) is 23.8 Å². The van der Waals surface area contributed by atoms with Crippen LogP contribution in [0.5, 0.6) is 0 Å². The molecule has 1 rings (SSSR count). The van der Waals surface area contributed by atoms with E-state index in [2.05, 4.69) is 15.9 Å². The maximum Gasteiger partial charge on any atom is 0.202 e. The Morgan fingerprint density at radius 3 is 2.56 bits per heavy atom. The standard InChI is InChI=1S/C13H9N5/c1-2-3-4-6-13(9-15,10-16)12-17-7-5-11(8-14)18-12/h1,5,7H,3-4,6H2. The van der Waals surface area contributed by atoms with Crippen molar-refractivity contribution in [1.29, 1.82) is 15.8 Å². The fourth-order valence-corrected chi connectivity index (χ4v) is 1.43. The van der Waals surface area contributed by atoms with Crippen molar-refractivity contribution in [2.24, 2.45) is 0 Å². The molecule has 0 bridgehead atoms. The number of nitrogens with zero attached hydrogens (tertiary/aromatic N) is 5. The Balaban J connectivity index is 3.13. The number of terminal acetylenes is 1. The molecule has 1 aromatic rings. The second kappa shape index (κ2) is 6.00. The first-order valence-electron chi connectivity index (χ1n) is 5.22. The van der Waals surface area contributed by atoms with E-state index >= 15 is 0 Å². The van der Waals surface area contributed by atoms with Crippen LogP contribution in [-0.4, -0.2) is 9.97 Å². The molecule has 0 saturated carbocycles. The van der Waals surface area contributed by atoms with Gasteiger partial charge in [-0.3, -0.25) is 0 Å². The molecule has 0 aliphatic carbocycles. The molecule has 1 aromatic heterocycles. The fraction of sp³-hybridized carbons (Fsp3) is 0.308. The lowest BCUT2D eigenvalue weighted by atomic mass is 9.85. The van der Waals surface area contributed by atoms with Crippen molar-refractivity contribution in [3.63, 3.8) is 0 Å². The minimum atomic E-state index is -1.44. The average molecular weight is 235 g/mol. The van der Waals surface area contributed by atoms with Gasteiger partial charge in [0.1, 0.15) is 11.8 Å². The highest BCUT2D eigenvalue weighted by Crippen LogP contribution is 2.25. The zero-order valence-electron chi connectivity index (χ0n) is 9.59. The summed E-state index contributed by atoms with van der Waals surface area (Å²) in [6, 6.07) is 7.13. The molecule has 18 heavy (non-hydrogen) atoms. The molecule has 0 atom stereocenters. The number of nitriles is 3. The molecule has 5 nitrogen and oxygen atoms in total. The second-order valence-electron chi connectivity index (χ2n) is 3.56. The van der Waals surface area contributed by atoms with Crippen LogP contribution in [0.3, 0.4) is 0 Å². The molecule has 0 fully saturated rings. The second-order valence-corrected chi connectivity index (χ2v) is 3.56. The summed E-state index contributed by atoms with van der Waals surface area (Å²) in [5.41, 5.74) is -1.31. The Morgan fingerprint density at radius 1 is 1.28 bits per heavy atom. The van der Waals surface area contributed by atoms with Crippen molar-refractivity contribution in [2.45, 2.75) is 24.7 Å². The summed E-state index contributed by atoms with van der Waals surface area (Å²) in [6.07, 6.45) is 7.75. The largest absolute Gasteiger partial charge is 0.238 e. The zero-order chi connectivity index (χ0) is 13.4. The molecule has 1 heterocycles. The molecular formula is C13H9N5. The van der Waals surface area contributed by atoms with E-state index in [9.17, 15) is 10.5 Å². The van der Waals surface area contributed by atoms with Gasteiger partial charge < -0.3 is 0 Å². The van der Waals surface area contributed by atoms with Gasteiger partial charge in [0, 0.05) is 12.6 Å². The Morgan fingerprint density at radius 2 is 2.00 bits per heavy atom. The number of unbranched alkanes of at least 4 members (excludes halogenated alkanes) is 1. The van der Waals surface area contributed by atoms with Gasteiger partial charge in [-0.1, -0.05) is 0 Å². The van der Waals surface area contributed by atoms with E-state index in [1.807, 2.05) is 18.2 Å². The van der Waals surface area contributed by atoms with Crippen LogP contribution >= 0.6 is 0 Å². The normalized spacial score (nSPS) is 9.56. The summed E-state index contributed by atoms with van der Waals surface area (Å²) < 4.78 is 0. The third-order valence-electron chi connectivity index (χ3n) is 2.41. The molecule has 0 saturated heterocycles. The van der Waals surface area contributed by atoms with Crippen molar-refractivity contribution in [2.75, 3.05) is 0 Å². The zero-order valence-corrected chi connectivity index (χ0v) is 9.59. The molecular weight excluding hydrogens is 226 g/mol. The summed E-state index contributed by atoms with van der Waals surface area (Å²) in [6.45, 7) is 0. The summed E-state index contributed by atoms with van der Waals surface area (Å²) >= 11 is 0. The van der Waals surface area contributed by atoms with Gasteiger partial charge >= 0.3 is 0 Å². The summed E-state index contributed by atoms with van der Waals surface area (Å²) in [5.74, 6) is 2.51. The van der Waals surface area contributed by atoms with E-state index in [-0.39, 0.29) is 17.9 Å². The lowest BCUT2D eigenvalue weighted by Gasteiger charge is -2.15. The van der Waals surface area contributed by atoms with E-state index in [0.29, 0.717) is 12.8 Å². The first-order valence-corrected chi connectivity index (χ1v) is 5.22. The third-order valence-corrected chi connectivity index (χ3v) is 2.41. The van der Waals surface area contributed by atoms with Gasteiger partial charge in [-0.05, 0) is 18.9 Å². The topological polar surface area (TPSA) is 97.1 Å². The summed E-state index contributed by atoms with van der Waals surface area (Å²) in [5, 5.41) is 27.2. The Hall–Kier alpha value is -2.89. The molecule has 0 N–H and O–H groups in total. The van der Waals surface area contributed by atoms with E-state index in [1.165, 1.54) is 12.3 Å². The monoisotopic (exact) mass is 235 g/mol. The van der Waals surface area contributed by atoms with E-state index in [0.717, 1.165) is 0 Å². The highest BCUT2D eigenvalue weighted by molar-refractivity contribution is 5.33. The SMILES string of the molecule is C#CCCCC(C#N)(C#N)c1nccc(C#N)n1. The van der Waals surface area contributed by atoms with Gasteiger partial charge in [-0.25, -0.2) is 9.97 Å². The van der Waals surface area contributed by atoms with Crippen molar-refractivity contribution >= 4 is 0 Å². The summed E-state index contributed by atoms with van der Waals surface area (Å²) in [4.78, 5) is 7.84. The van der Waals surface area contributed by atoms with E-state index in [4.69, 9.17) is 11.7 Å².